The average molecular weight is 242 g/mol. The largest absolute Gasteiger partial charge is 0.387 e. The summed E-state index contributed by atoms with van der Waals surface area (Å²) in [6.45, 7) is 12.7. The molecule has 0 aliphatic carbocycles. The number of β-amino-alcohol motifs (C(OH)–C–C–N with tert-alkyl or cyclic N) is 1. The second-order valence-electron chi connectivity index (χ2n) is 5.35. The first-order valence-corrected chi connectivity index (χ1v) is 6.61. The summed E-state index contributed by atoms with van der Waals surface area (Å²) >= 11 is 0. The van der Waals surface area contributed by atoms with Gasteiger partial charge in [-0.2, -0.15) is 0 Å². The van der Waals surface area contributed by atoms with Gasteiger partial charge in [0.1, 0.15) is 0 Å². The normalized spacial score (nSPS) is 21.1. The molecule has 0 spiro atoms. The molecule has 1 aliphatic rings. The van der Waals surface area contributed by atoms with Gasteiger partial charge in [0.15, 0.2) is 0 Å². The fraction of sp³-hybridized carbons (Fsp3) is 0.923. The minimum atomic E-state index is -0.599. The summed E-state index contributed by atoms with van der Waals surface area (Å²) in [6, 6.07) is -0.117. The van der Waals surface area contributed by atoms with Crippen LogP contribution in [0.5, 0.6) is 0 Å². The van der Waals surface area contributed by atoms with Crippen LogP contribution in [-0.4, -0.2) is 58.6 Å². The monoisotopic (exact) mass is 242 g/mol. The zero-order chi connectivity index (χ0) is 13.2. The van der Waals surface area contributed by atoms with Crippen molar-refractivity contribution in [1.82, 2.24) is 9.80 Å². The fourth-order valence-electron chi connectivity index (χ4n) is 2.25. The van der Waals surface area contributed by atoms with Gasteiger partial charge in [-0.15, -0.1) is 0 Å². The summed E-state index contributed by atoms with van der Waals surface area (Å²) in [6.07, 6.45) is 0. The molecule has 1 aliphatic heterocycles. The van der Waals surface area contributed by atoms with Crippen LogP contribution in [0, 0.1) is 5.92 Å². The van der Waals surface area contributed by atoms with Gasteiger partial charge in [-0.05, 0) is 26.7 Å². The third-order valence-corrected chi connectivity index (χ3v) is 4.01. The smallest absolute Gasteiger partial charge is 0.239 e. The summed E-state index contributed by atoms with van der Waals surface area (Å²) in [5.74, 6) is 0.412. The maximum absolute atomic E-state index is 12.1. The highest BCUT2D eigenvalue weighted by Gasteiger charge is 2.46. The lowest BCUT2D eigenvalue weighted by atomic mass is 9.82. The predicted molar refractivity (Wildman–Crippen MR) is 68.8 cm³/mol. The Morgan fingerprint density at radius 1 is 1.29 bits per heavy atom. The van der Waals surface area contributed by atoms with E-state index in [1.165, 1.54) is 0 Å². The van der Waals surface area contributed by atoms with Crippen LogP contribution in [0.4, 0.5) is 0 Å². The quantitative estimate of drug-likeness (QED) is 0.780. The lowest BCUT2D eigenvalue weighted by Crippen LogP contribution is -2.68. The molecule has 1 fully saturated rings. The van der Waals surface area contributed by atoms with Crippen molar-refractivity contribution in [2.24, 2.45) is 5.92 Å². The van der Waals surface area contributed by atoms with Crippen LogP contribution in [-0.2, 0) is 4.79 Å². The highest BCUT2D eigenvalue weighted by atomic mass is 16.3. The molecule has 1 saturated heterocycles. The van der Waals surface area contributed by atoms with Crippen molar-refractivity contribution < 1.29 is 9.90 Å². The number of hydrogen-bond donors (Lipinski definition) is 1. The number of likely N-dealkylation sites (tertiary alicyclic amines) is 1. The summed E-state index contributed by atoms with van der Waals surface area (Å²) in [4.78, 5) is 16.0. The number of amides is 1. The molecule has 100 valence electrons. The van der Waals surface area contributed by atoms with Gasteiger partial charge in [-0.1, -0.05) is 13.8 Å². The first kappa shape index (κ1) is 14.5. The van der Waals surface area contributed by atoms with Gasteiger partial charge < -0.3 is 10.0 Å². The van der Waals surface area contributed by atoms with Crippen LogP contribution in [0.3, 0.4) is 0 Å². The molecule has 4 nitrogen and oxygen atoms in total. The third-order valence-electron chi connectivity index (χ3n) is 4.01. The minimum absolute atomic E-state index is 0.117. The highest BCUT2D eigenvalue weighted by Crippen LogP contribution is 2.30. The Labute approximate surface area is 105 Å². The molecular formula is C13H26N2O2. The van der Waals surface area contributed by atoms with Gasteiger partial charge in [-0.3, -0.25) is 9.69 Å². The number of rotatable bonds is 5. The van der Waals surface area contributed by atoms with Crippen LogP contribution < -0.4 is 0 Å². The molecule has 4 heteroatoms. The number of hydrogen-bond acceptors (Lipinski definition) is 3. The minimum Gasteiger partial charge on any atom is -0.387 e. The number of nitrogens with zero attached hydrogens (tertiary/aromatic N) is 2. The van der Waals surface area contributed by atoms with Crippen LogP contribution in [0.1, 0.15) is 34.6 Å². The lowest BCUT2D eigenvalue weighted by molar-refractivity contribution is -0.160. The second-order valence-corrected chi connectivity index (χ2v) is 5.35. The summed E-state index contributed by atoms with van der Waals surface area (Å²) in [5.41, 5.74) is -0.599. The molecule has 1 atom stereocenters. The third kappa shape index (κ3) is 2.80. The summed E-state index contributed by atoms with van der Waals surface area (Å²) in [7, 11) is 0. The van der Waals surface area contributed by atoms with Crippen molar-refractivity contribution in [3.63, 3.8) is 0 Å². The Morgan fingerprint density at radius 2 is 1.76 bits per heavy atom. The van der Waals surface area contributed by atoms with Gasteiger partial charge >= 0.3 is 0 Å². The molecule has 0 aromatic heterocycles. The summed E-state index contributed by atoms with van der Waals surface area (Å²) in [5, 5.41) is 10.2. The molecule has 1 rings (SSSR count). The zero-order valence-corrected chi connectivity index (χ0v) is 11.7. The van der Waals surface area contributed by atoms with E-state index >= 15 is 0 Å². The van der Waals surface area contributed by atoms with Crippen LogP contribution in [0.2, 0.25) is 0 Å². The Bertz CT molecular complexity index is 269. The van der Waals surface area contributed by atoms with Gasteiger partial charge in [0.2, 0.25) is 5.91 Å². The van der Waals surface area contributed by atoms with Crippen molar-refractivity contribution in [2.75, 3.05) is 26.2 Å². The number of carbonyl (C=O) groups excluding carboxylic acids is 1. The highest BCUT2D eigenvalue weighted by molar-refractivity contribution is 5.81. The molecule has 17 heavy (non-hydrogen) atoms. The molecule has 0 radical (unpaired) electrons. The van der Waals surface area contributed by atoms with Crippen molar-refractivity contribution in [2.45, 2.75) is 46.3 Å². The fourth-order valence-corrected chi connectivity index (χ4v) is 2.25. The Morgan fingerprint density at radius 3 is 2.12 bits per heavy atom. The van der Waals surface area contributed by atoms with Crippen molar-refractivity contribution in [3.05, 3.63) is 0 Å². The number of likely N-dealkylation sites (N-methyl/N-ethyl adjacent to an activating group) is 1. The van der Waals surface area contributed by atoms with E-state index in [4.69, 9.17) is 0 Å². The molecule has 1 N–H and O–H groups in total. The van der Waals surface area contributed by atoms with Crippen molar-refractivity contribution in [3.8, 4) is 0 Å². The predicted octanol–water partition coefficient (Wildman–Crippen LogP) is 0.946. The maximum Gasteiger partial charge on any atom is 0.239 e. The van der Waals surface area contributed by atoms with E-state index in [2.05, 4.69) is 4.90 Å². The molecule has 0 aromatic rings. The Balaban J connectivity index is 2.52. The van der Waals surface area contributed by atoms with E-state index in [1.54, 1.807) is 0 Å². The molecule has 1 amide bonds. The first-order chi connectivity index (χ1) is 7.85. The van der Waals surface area contributed by atoms with Gasteiger partial charge in [0.25, 0.3) is 0 Å². The van der Waals surface area contributed by atoms with Gasteiger partial charge in [0, 0.05) is 26.2 Å². The molecule has 1 heterocycles. The zero-order valence-electron chi connectivity index (χ0n) is 11.7. The van der Waals surface area contributed by atoms with Gasteiger partial charge in [-0.25, -0.2) is 0 Å². The molecular weight excluding hydrogens is 216 g/mol. The standard InChI is InChI=1S/C13H26N2O2/c1-6-14(7-2)12(16)11(5)15-8-13(17,9-15)10(3)4/h10-11,17H,6-9H2,1-5H3. The molecule has 0 aromatic carbocycles. The Kier molecular flexibility index (Phi) is 4.55. The topological polar surface area (TPSA) is 43.8 Å². The van der Waals surface area contributed by atoms with Gasteiger partial charge in [0.05, 0.1) is 11.6 Å². The molecule has 1 unspecified atom stereocenters. The summed E-state index contributed by atoms with van der Waals surface area (Å²) < 4.78 is 0. The van der Waals surface area contributed by atoms with E-state index in [1.807, 2.05) is 39.5 Å². The number of aliphatic hydroxyl groups is 1. The average Bonchev–Trinajstić information content (AvgIpc) is 2.25. The Hall–Kier alpha value is -0.610. The van der Waals surface area contributed by atoms with Crippen molar-refractivity contribution >= 4 is 5.91 Å². The molecule has 0 bridgehead atoms. The lowest BCUT2D eigenvalue weighted by Gasteiger charge is -2.51. The van der Waals surface area contributed by atoms with Crippen molar-refractivity contribution in [1.29, 1.82) is 0 Å². The maximum atomic E-state index is 12.1. The van der Waals surface area contributed by atoms with E-state index in [-0.39, 0.29) is 17.9 Å². The van der Waals surface area contributed by atoms with E-state index in [0.29, 0.717) is 13.1 Å². The molecule has 0 saturated carbocycles. The second kappa shape index (κ2) is 5.36. The van der Waals surface area contributed by atoms with E-state index < -0.39 is 5.60 Å². The number of carbonyl (C=O) groups is 1. The van der Waals surface area contributed by atoms with Crippen LogP contribution in [0.25, 0.3) is 0 Å². The van der Waals surface area contributed by atoms with Crippen LogP contribution in [0.15, 0.2) is 0 Å². The first-order valence-electron chi connectivity index (χ1n) is 6.61. The van der Waals surface area contributed by atoms with E-state index in [9.17, 15) is 9.90 Å². The SMILES string of the molecule is CCN(CC)C(=O)C(C)N1CC(O)(C(C)C)C1. The van der Waals surface area contributed by atoms with E-state index in [0.717, 1.165) is 13.1 Å². The van der Waals surface area contributed by atoms with Crippen LogP contribution >= 0.6 is 0 Å².